The second kappa shape index (κ2) is 5.91. The van der Waals surface area contributed by atoms with Crippen LogP contribution in [0.4, 0.5) is 0 Å². The average Bonchev–Trinajstić information content (AvgIpc) is 3.19. The summed E-state index contributed by atoms with van der Waals surface area (Å²) in [5.74, 6) is 0.739. The van der Waals surface area contributed by atoms with Crippen molar-refractivity contribution in [1.29, 1.82) is 0 Å². The zero-order valence-electron chi connectivity index (χ0n) is 11.9. The average molecular weight is 277 g/mol. The van der Waals surface area contributed by atoms with Crippen LogP contribution >= 0.6 is 0 Å². The van der Waals surface area contributed by atoms with Gasteiger partial charge in [-0.05, 0) is 31.6 Å². The number of rotatable bonds is 4. The fraction of sp³-hybridized carbons (Fsp3) is 0.786. The van der Waals surface area contributed by atoms with Crippen molar-refractivity contribution in [3.63, 3.8) is 0 Å². The Hall–Kier alpha value is -1.43. The highest BCUT2D eigenvalue weighted by Crippen LogP contribution is 2.35. The van der Waals surface area contributed by atoms with Crippen LogP contribution in [0.1, 0.15) is 49.0 Å². The molecule has 1 aromatic heterocycles. The molecule has 2 fully saturated rings. The van der Waals surface area contributed by atoms with Crippen molar-refractivity contribution in [3.05, 3.63) is 11.9 Å². The molecule has 6 nitrogen and oxygen atoms in total. The van der Waals surface area contributed by atoms with Crippen LogP contribution in [0, 0.1) is 5.92 Å². The monoisotopic (exact) mass is 277 g/mol. The number of hydrogen-bond acceptors (Lipinski definition) is 4. The van der Waals surface area contributed by atoms with Crippen LogP contribution in [0.15, 0.2) is 6.20 Å². The molecule has 0 aromatic carbocycles. The summed E-state index contributed by atoms with van der Waals surface area (Å²) < 4.78 is 1.65. The van der Waals surface area contributed by atoms with Gasteiger partial charge in [-0.3, -0.25) is 9.48 Å². The Morgan fingerprint density at radius 3 is 2.85 bits per heavy atom. The van der Waals surface area contributed by atoms with Gasteiger partial charge in [0.15, 0.2) is 5.69 Å². The maximum absolute atomic E-state index is 12.6. The van der Waals surface area contributed by atoms with E-state index < -0.39 is 0 Å². The van der Waals surface area contributed by atoms with E-state index in [0.29, 0.717) is 30.7 Å². The van der Waals surface area contributed by atoms with Crippen molar-refractivity contribution in [2.45, 2.75) is 51.1 Å². The highest BCUT2D eigenvalue weighted by Gasteiger charge is 2.36. The van der Waals surface area contributed by atoms with E-state index in [2.05, 4.69) is 10.3 Å². The van der Waals surface area contributed by atoms with Crippen molar-refractivity contribution >= 4 is 5.91 Å². The summed E-state index contributed by atoms with van der Waals surface area (Å²) in [6, 6.07) is 0.421. The summed E-state index contributed by atoms with van der Waals surface area (Å²) >= 11 is 0. The van der Waals surface area contributed by atoms with Crippen LogP contribution in [0.25, 0.3) is 0 Å². The maximum Gasteiger partial charge on any atom is 0.276 e. The summed E-state index contributed by atoms with van der Waals surface area (Å²) in [5.41, 5.74) is 5.95. The summed E-state index contributed by atoms with van der Waals surface area (Å²) in [5, 5.41) is 7.97. The van der Waals surface area contributed by atoms with Gasteiger partial charge in [-0.1, -0.05) is 18.1 Å². The van der Waals surface area contributed by atoms with Crippen LogP contribution in [0.3, 0.4) is 0 Å². The fourth-order valence-corrected chi connectivity index (χ4v) is 3.66. The number of amides is 1. The molecule has 1 saturated heterocycles. The minimum absolute atomic E-state index is 0.0441. The zero-order chi connectivity index (χ0) is 13.9. The molecule has 2 N–H and O–H groups in total. The smallest absolute Gasteiger partial charge is 0.276 e. The lowest BCUT2D eigenvalue weighted by Crippen LogP contribution is -2.39. The lowest BCUT2D eigenvalue weighted by atomic mass is 9.96. The van der Waals surface area contributed by atoms with Gasteiger partial charge in [0.05, 0.1) is 12.7 Å². The second-order valence-electron chi connectivity index (χ2n) is 5.91. The molecule has 0 spiro atoms. The van der Waals surface area contributed by atoms with Gasteiger partial charge in [0.2, 0.25) is 0 Å². The molecular formula is C14H23N5O. The lowest BCUT2D eigenvalue weighted by Gasteiger charge is -2.28. The van der Waals surface area contributed by atoms with Crippen LogP contribution in [-0.2, 0) is 6.54 Å². The van der Waals surface area contributed by atoms with E-state index in [4.69, 9.17) is 5.73 Å². The van der Waals surface area contributed by atoms with E-state index in [0.717, 1.165) is 19.4 Å². The SMILES string of the molecule is NCCn1cc(C(=O)N2CCCC2C2CCCC2)nn1. The van der Waals surface area contributed by atoms with Gasteiger partial charge in [0, 0.05) is 19.1 Å². The Labute approximate surface area is 119 Å². The number of aromatic nitrogens is 3. The molecule has 3 rings (SSSR count). The third-order valence-electron chi connectivity index (χ3n) is 4.62. The molecule has 1 aliphatic heterocycles. The molecule has 20 heavy (non-hydrogen) atoms. The van der Waals surface area contributed by atoms with Crippen LogP contribution in [0.5, 0.6) is 0 Å². The number of nitrogens with zero attached hydrogens (tertiary/aromatic N) is 4. The Bertz CT molecular complexity index is 466. The van der Waals surface area contributed by atoms with E-state index in [1.54, 1.807) is 10.9 Å². The highest BCUT2D eigenvalue weighted by molar-refractivity contribution is 5.92. The van der Waals surface area contributed by atoms with Gasteiger partial charge in [-0.15, -0.1) is 5.10 Å². The molecule has 0 bridgehead atoms. The third-order valence-corrected chi connectivity index (χ3v) is 4.62. The van der Waals surface area contributed by atoms with Gasteiger partial charge >= 0.3 is 0 Å². The third kappa shape index (κ3) is 2.57. The van der Waals surface area contributed by atoms with E-state index in [9.17, 15) is 4.79 Å². The Kier molecular flexibility index (Phi) is 4.00. The molecular weight excluding hydrogens is 254 g/mol. The summed E-state index contributed by atoms with van der Waals surface area (Å²) in [4.78, 5) is 14.6. The minimum atomic E-state index is 0.0441. The number of nitrogens with two attached hydrogens (primary N) is 1. The van der Waals surface area contributed by atoms with Crippen molar-refractivity contribution in [1.82, 2.24) is 19.9 Å². The van der Waals surface area contributed by atoms with Gasteiger partial charge in [0.1, 0.15) is 0 Å². The molecule has 1 unspecified atom stereocenters. The van der Waals surface area contributed by atoms with Crippen LogP contribution in [0.2, 0.25) is 0 Å². The Balaban J connectivity index is 1.71. The highest BCUT2D eigenvalue weighted by atomic mass is 16.2. The zero-order valence-corrected chi connectivity index (χ0v) is 11.9. The first-order valence-electron chi connectivity index (χ1n) is 7.71. The van der Waals surface area contributed by atoms with Crippen LogP contribution < -0.4 is 5.73 Å². The lowest BCUT2D eigenvalue weighted by molar-refractivity contribution is 0.0683. The predicted molar refractivity (Wildman–Crippen MR) is 75.1 cm³/mol. The molecule has 2 heterocycles. The first-order valence-corrected chi connectivity index (χ1v) is 7.71. The molecule has 110 valence electrons. The molecule has 6 heteroatoms. The largest absolute Gasteiger partial charge is 0.334 e. The Morgan fingerprint density at radius 1 is 1.30 bits per heavy atom. The number of hydrogen-bond donors (Lipinski definition) is 1. The predicted octanol–water partition coefficient (Wildman–Crippen LogP) is 1.03. The van der Waals surface area contributed by atoms with E-state index in [1.807, 2.05) is 4.90 Å². The quantitative estimate of drug-likeness (QED) is 0.891. The van der Waals surface area contributed by atoms with Crippen molar-refractivity contribution in [3.8, 4) is 0 Å². The topological polar surface area (TPSA) is 77.0 Å². The van der Waals surface area contributed by atoms with Crippen molar-refractivity contribution in [2.75, 3.05) is 13.1 Å². The second-order valence-corrected chi connectivity index (χ2v) is 5.91. The summed E-state index contributed by atoms with van der Waals surface area (Å²) in [6.07, 6.45) is 9.16. The number of likely N-dealkylation sites (tertiary alicyclic amines) is 1. The van der Waals surface area contributed by atoms with Crippen molar-refractivity contribution in [2.24, 2.45) is 11.7 Å². The summed E-state index contributed by atoms with van der Waals surface area (Å²) in [7, 11) is 0. The van der Waals surface area contributed by atoms with Gasteiger partial charge in [-0.25, -0.2) is 0 Å². The normalized spacial score (nSPS) is 23.6. The van der Waals surface area contributed by atoms with E-state index in [-0.39, 0.29) is 5.91 Å². The Morgan fingerprint density at radius 2 is 2.10 bits per heavy atom. The standard InChI is InChI=1S/C14H23N5O/c15-7-9-18-10-12(16-17-18)14(20)19-8-3-6-13(19)11-4-1-2-5-11/h10-11,13H,1-9,15H2. The number of carbonyl (C=O) groups is 1. The molecule has 1 atom stereocenters. The minimum Gasteiger partial charge on any atom is -0.334 e. The fourth-order valence-electron chi connectivity index (χ4n) is 3.66. The molecule has 2 aliphatic rings. The molecule has 0 radical (unpaired) electrons. The van der Waals surface area contributed by atoms with Gasteiger partial charge in [0.25, 0.3) is 5.91 Å². The first-order chi connectivity index (χ1) is 9.79. The van der Waals surface area contributed by atoms with E-state index >= 15 is 0 Å². The summed E-state index contributed by atoms with van der Waals surface area (Å²) in [6.45, 7) is 1.97. The maximum atomic E-state index is 12.6. The van der Waals surface area contributed by atoms with Gasteiger partial charge in [-0.2, -0.15) is 0 Å². The molecule has 1 aliphatic carbocycles. The van der Waals surface area contributed by atoms with Crippen molar-refractivity contribution < 1.29 is 4.79 Å². The van der Waals surface area contributed by atoms with Gasteiger partial charge < -0.3 is 10.6 Å². The first kappa shape index (κ1) is 13.5. The molecule has 1 amide bonds. The number of carbonyl (C=O) groups excluding carboxylic acids is 1. The van der Waals surface area contributed by atoms with Crippen LogP contribution in [-0.4, -0.2) is 44.9 Å². The molecule has 1 saturated carbocycles. The van der Waals surface area contributed by atoms with E-state index in [1.165, 1.54) is 25.7 Å². The molecule has 1 aromatic rings.